The molecule has 18 heavy (non-hydrogen) atoms. The average molecular weight is 251 g/mol. The Balaban J connectivity index is 2.24. The number of hydrogen-bond acceptors (Lipinski definition) is 6. The molecule has 1 aromatic rings. The van der Waals surface area contributed by atoms with Crippen LogP contribution in [0.25, 0.3) is 0 Å². The minimum atomic E-state index is 0.524. The molecular formula is C12H21N5O. The van der Waals surface area contributed by atoms with Gasteiger partial charge in [0.25, 0.3) is 0 Å². The highest BCUT2D eigenvalue weighted by molar-refractivity contribution is 5.64. The van der Waals surface area contributed by atoms with Crippen molar-refractivity contribution in [2.45, 2.75) is 20.3 Å². The summed E-state index contributed by atoms with van der Waals surface area (Å²) in [5.41, 5.74) is 2.54. The maximum Gasteiger partial charge on any atom is 0.205 e. The molecule has 0 spiro atoms. The number of nitrogens with two attached hydrogens (primary N) is 1. The predicted molar refractivity (Wildman–Crippen MR) is 71.6 cm³/mol. The molecule has 0 aliphatic carbocycles. The Morgan fingerprint density at radius 3 is 2.83 bits per heavy atom. The smallest absolute Gasteiger partial charge is 0.205 e. The van der Waals surface area contributed by atoms with Crippen LogP contribution >= 0.6 is 0 Å². The van der Waals surface area contributed by atoms with E-state index >= 15 is 0 Å². The van der Waals surface area contributed by atoms with E-state index in [1.54, 1.807) is 7.11 Å². The molecule has 0 radical (unpaired) electrons. The van der Waals surface area contributed by atoms with Gasteiger partial charge >= 0.3 is 0 Å². The van der Waals surface area contributed by atoms with Crippen LogP contribution in [-0.2, 0) is 0 Å². The standard InChI is InChI=1S/C12H21N5O/c1-8(2)9-4-5-17(6-9)12-10(18-3)11(16-13)14-7-15-12/h7-9H,4-6,13H2,1-3H3,(H,14,15,16). The minimum Gasteiger partial charge on any atom is -0.490 e. The molecule has 3 N–H and O–H groups in total. The van der Waals surface area contributed by atoms with Crippen molar-refractivity contribution in [3.63, 3.8) is 0 Å². The van der Waals surface area contributed by atoms with Gasteiger partial charge in [0.1, 0.15) is 6.33 Å². The van der Waals surface area contributed by atoms with Gasteiger partial charge in [-0.15, -0.1) is 0 Å². The molecule has 0 bridgehead atoms. The molecule has 1 unspecified atom stereocenters. The zero-order valence-corrected chi connectivity index (χ0v) is 11.2. The number of methoxy groups -OCH3 is 1. The van der Waals surface area contributed by atoms with Gasteiger partial charge in [-0.2, -0.15) is 0 Å². The largest absolute Gasteiger partial charge is 0.490 e. The molecule has 1 saturated heterocycles. The van der Waals surface area contributed by atoms with E-state index in [1.165, 1.54) is 12.7 Å². The molecule has 0 saturated carbocycles. The van der Waals surface area contributed by atoms with E-state index in [9.17, 15) is 0 Å². The SMILES string of the molecule is COc1c(NN)ncnc1N1CCC(C(C)C)C1. The Kier molecular flexibility index (Phi) is 3.86. The van der Waals surface area contributed by atoms with Gasteiger partial charge in [-0.05, 0) is 18.3 Å². The highest BCUT2D eigenvalue weighted by Crippen LogP contribution is 2.35. The molecule has 1 fully saturated rings. The van der Waals surface area contributed by atoms with Crippen molar-refractivity contribution in [3.05, 3.63) is 6.33 Å². The third kappa shape index (κ3) is 2.33. The summed E-state index contributed by atoms with van der Waals surface area (Å²) < 4.78 is 5.37. The Morgan fingerprint density at radius 1 is 1.50 bits per heavy atom. The zero-order chi connectivity index (χ0) is 13.1. The Labute approximate surface area is 108 Å². The summed E-state index contributed by atoms with van der Waals surface area (Å²) in [7, 11) is 1.61. The molecule has 6 heteroatoms. The quantitative estimate of drug-likeness (QED) is 0.619. The first-order chi connectivity index (χ1) is 8.67. The van der Waals surface area contributed by atoms with Gasteiger partial charge in [-0.25, -0.2) is 15.8 Å². The number of nitrogens with zero attached hydrogens (tertiary/aromatic N) is 3. The number of rotatable bonds is 4. The second-order valence-electron chi connectivity index (χ2n) is 4.96. The van der Waals surface area contributed by atoms with Crippen molar-refractivity contribution >= 4 is 11.6 Å². The number of hydrazine groups is 1. The Hall–Kier alpha value is -1.56. The summed E-state index contributed by atoms with van der Waals surface area (Å²) in [6, 6.07) is 0. The third-order valence-corrected chi connectivity index (χ3v) is 3.59. The fourth-order valence-electron chi connectivity index (χ4n) is 2.40. The van der Waals surface area contributed by atoms with E-state index in [2.05, 4.69) is 34.1 Å². The van der Waals surface area contributed by atoms with E-state index < -0.39 is 0 Å². The molecule has 2 rings (SSSR count). The fraction of sp³-hybridized carbons (Fsp3) is 0.667. The van der Waals surface area contributed by atoms with Crippen molar-refractivity contribution in [2.24, 2.45) is 17.7 Å². The van der Waals surface area contributed by atoms with Crippen molar-refractivity contribution in [1.29, 1.82) is 0 Å². The summed E-state index contributed by atoms with van der Waals surface area (Å²) in [4.78, 5) is 10.6. The number of aromatic nitrogens is 2. The van der Waals surface area contributed by atoms with Crippen LogP contribution in [0.2, 0.25) is 0 Å². The molecule has 1 aromatic heterocycles. The second kappa shape index (κ2) is 5.39. The van der Waals surface area contributed by atoms with Gasteiger partial charge in [0.2, 0.25) is 5.75 Å². The minimum absolute atomic E-state index is 0.524. The highest BCUT2D eigenvalue weighted by atomic mass is 16.5. The topological polar surface area (TPSA) is 76.3 Å². The van der Waals surface area contributed by atoms with E-state index in [0.717, 1.165) is 18.9 Å². The van der Waals surface area contributed by atoms with E-state index in [1.807, 2.05) is 0 Å². The van der Waals surface area contributed by atoms with Crippen LogP contribution in [0.5, 0.6) is 5.75 Å². The van der Waals surface area contributed by atoms with Gasteiger partial charge in [0.05, 0.1) is 7.11 Å². The lowest BCUT2D eigenvalue weighted by Gasteiger charge is -2.21. The Morgan fingerprint density at radius 2 is 2.28 bits per heavy atom. The predicted octanol–water partition coefficient (Wildman–Crippen LogP) is 1.25. The summed E-state index contributed by atoms with van der Waals surface area (Å²) in [5, 5.41) is 0. The summed E-state index contributed by atoms with van der Waals surface area (Å²) in [6.07, 6.45) is 2.70. The highest BCUT2D eigenvalue weighted by Gasteiger charge is 2.28. The third-order valence-electron chi connectivity index (χ3n) is 3.59. The maximum atomic E-state index is 5.43. The maximum absolute atomic E-state index is 5.43. The first kappa shape index (κ1) is 12.9. The molecule has 1 atom stereocenters. The van der Waals surface area contributed by atoms with Crippen molar-refractivity contribution in [1.82, 2.24) is 9.97 Å². The second-order valence-corrected chi connectivity index (χ2v) is 4.96. The van der Waals surface area contributed by atoms with Gasteiger partial charge < -0.3 is 15.1 Å². The van der Waals surface area contributed by atoms with Crippen molar-refractivity contribution in [2.75, 3.05) is 30.5 Å². The summed E-state index contributed by atoms with van der Waals surface area (Å²) in [6.45, 7) is 6.53. The molecule has 1 aliphatic rings. The lowest BCUT2D eigenvalue weighted by atomic mass is 9.95. The average Bonchev–Trinajstić information content (AvgIpc) is 2.87. The lowest BCUT2D eigenvalue weighted by Crippen LogP contribution is -2.23. The van der Waals surface area contributed by atoms with Gasteiger partial charge in [0, 0.05) is 13.1 Å². The van der Waals surface area contributed by atoms with Crippen molar-refractivity contribution in [3.8, 4) is 5.75 Å². The number of ether oxygens (including phenoxy) is 1. The number of anilines is 2. The molecule has 6 nitrogen and oxygen atoms in total. The number of nitrogens with one attached hydrogen (secondary N) is 1. The van der Waals surface area contributed by atoms with Crippen molar-refractivity contribution < 1.29 is 4.74 Å². The van der Waals surface area contributed by atoms with Crippen LogP contribution in [0.3, 0.4) is 0 Å². The zero-order valence-electron chi connectivity index (χ0n) is 11.2. The fourth-order valence-corrected chi connectivity index (χ4v) is 2.40. The normalized spacial score (nSPS) is 19.4. The van der Waals surface area contributed by atoms with Gasteiger partial charge in [-0.1, -0.05) is 13.8 Å². The van der Waals surface area contributed by atoms with Crippen LogP contribution in [-0.4, -0.2) is 30.2 Å². The molecule has 100 valence electrons. The molecule has 1 aliphatic heterocycles. The summed E-state index contributed by atoms with van der Waals surface area (Å²) >= 11 is 0. The van der Waals surface area contributed by atoms with E-state index in [4.69, 9.17) is 10.6 Å². The first-order valence-electron chi connectivity index (χ1n) is 6.28. The van der Waals surface area contributed by atoms with Gasteiger partial charge in [-0.3, -0.25) is 0 Å². The van der Waals surface area contributed by atoms with Crippen LogP contribution in [0.4, 0.5) is 11.6 Å². The van der Waals surface area contributed by atoms with Gasteiger partial charge in [0.15, 0.2) is 11.6 Å². The van der Waals surface area contributed by atoms with Crippen LogP contribution < -0.4 is 20.9 Å². The monoisotopic (exact) mass is 251 g/mol. The molecular weight excluding hydrogens is 230 g/mol. The number of hydrogen-bond donors (Lipinski definition) is 2. The molecule has 0 amide bonds. The molecule has 0 aromatic carbocycles. The van der Waals surface area contributed by atoms with E-state index in [0.29, 0.717) is 23.4 Å². The summed E-state index contributed by atoms with van der Waals surface area (Å²) in [5.74, 6) is 8.79. The first-order valence-corrected chi connectivity index (χ1v) is 6.28. The van der Waals surface area contributed by atoms with E-state index in [-0.39, 0.29) is 0 Å². The van der Waals surface area contributed by atoms with Crippen LogP contribution in [0.1, 0.15) is 20.3 Å². The number of nitrogen functional groups attached to an aromatic ring is 1. The lowest BCUT2D eigenvalue weighted by molar-refractivity contribution is 0.409. The molecule has 2 heterocycles. The van der Waals surface area contributed by atoms with Crippen LogP contribution in [0, 0.1) is 11.8 Å². The van der Waals surface area contributed by atoms with Crippen LogP contribution in [0.15, 0.2) is 6.33 Å². The Bertz CT molecular complexity index is 409.